The van der Waals surface area contributed by atoms with Crippen molar-refractivity contribution in [2.45, 2.75) is 26.2 Å². The molecule has 2 aromatic carbocycles. The van der Waals surface area contributed by atoms with Gasteiger partial charge in [-0.2, -0.15) is 0 Å². The Labute approximate surface area is 188 Å². The minimum absolute atomic E-state index is 0.0524. The van der Waals surface area contributed by atoms with Gasteiger partial charge in [-0.1, -0.05) is 18.5 Å². The summed E-state index contributed by atoms with van der Waals surface area (Å²) in [5.74, 6) is -4.78. The number of hydrogen-bond donors (Lipinski definition) is 1. The lowest BCUT2D eigenvalue weighted by Gasteiger charge is -2.22. The number of rotatable bonds is 7. The van der Waals surface area contributed by atoms with Gasteiger partial charge in [0.05, 0.1) is 36.9 Å². The van der Waals surface area contributed by atoms with E-state index in [-0.39, 0.29) is 25.4 Å². The zero-order chi connectivity index (χ0) is 23.3. The SMILES string of the molecule is CCCN(CC(=O)Nc1ccc(F)c(F)c1F)C(=O)Cc1cc(Cl)c2c(c1)OCCCO2. The standard InChI is InChI=1S/C22H22ClF3N2O4/c1-2-6-28(12-18(29)27-16-5-4-15(24)20(25)21(16)26)19(30)11-13-9-14(23)22-17(10-13)31-7-3-8-32-22/h4-5,9-10H,2-3,6-8,11-12H2,1H3,(H,27,29). The van der Waals surface area contributed by atoms with Gasteiger partial charge < -0.3 is 19.7 Å². The van der Waals surface area contributed by atoms with E-state index in [1.54, 1.807) is 12.1 Å². The zero-order valence-electron chi connectivity index (χ0n) is 17.4. The Balaban J connectivity index is 1.69. The maximum absolute atomic E-state index is 13.8. The van der Waals surface area contributed by atoms with Gasteiger partial charge in [-0.05, 0) is 36.2 Å². The first-order valence-corrected chi connectivity index (χ1v) is 10.5. The van der Waals surface area contributed by atoms with Gasteiger partial charge in [0.25, 0.3) is 0 Å². The fraction of sp³-hybridized carbons (Fsp3) is 0.364. The number of benzene rings is 2. The molecule has 172 valence electrons. The third-order valence-corrected chi connectivity index (χ3v) is 4.99. The number of hydrogen-bond acceptors (Lipinski definition) is 4. The molecule has 0 atom stereocenters. The minimum atomic E-state index is -1.68. The van der Waals surface area contributed by atoms with Crippen LogP contribution in [0.2, 0.25) is 5.02 Å². The van der Waals surface area contributed by atoms with E-state index < -0.39 is 29.0 Å². The molecule has 0 saturated carbocycles. The van der Waals surface area contributed by atoms with Crippen molar-refractivity contribution in [3.05, 3.63) is 52.3 Å². The second kappa shape index (κ2) is 10.6. The predicted octanol–water partition coefficient (Wildman–Crippen LogP) is 4.34. The molecule has 0 bridgehead atoms. The van der Waals surface area contributed by atoms with Crippen molar-refractivity contribution in [3.8, 4) is 11.5 Å². The van der Waals surface area contributed by atoms with Crippen LogP contribution >= 0.6 is 11.6 Å². The lowest BCUT2D eigenvalue weighted by molar-refractivity contribution is -0.134. The van der Waals surface area contributed by atoms with E-state index in [4.69, 9.17) is 21.1 Å². The van der Waals surface area contributed by atoms with Crippen molar-refractivity contribution in [3.63, 3.8) is 0 Å². The number of carbonyl (C=O) groups is 2. The van der Waals surface area contributed by atoms with E-state index >= 15 is 0 Å². The summed E-state index contributed by atoms with van der Waals surface area (Å²) in [6.07, 6.45) is 1.22. The van der Waals surface area contributed by atoms with E-state index in [1.807, 2.05) is 6.92 Å². The predicted molar refractivity (Wildman–Crippen MR) is 113 cm³/mol. The van der Waals surface area contributed by atoms with Crippen LogP contribution in [0.5, 0.6) is 11.5 Å². The van der Waals surface area contributed by atoms with Gasteiger partial charge in [0.1, 0.15) is 0 Å². The van der Waals surface area contributed by atoms with Crippen molar-refractivity contribution in [2.75, 3.05) is 31.6 Å². The molecule has 1 N–H and O–H groups in total. The Hall–Kier alpha value is -2.94. The molecule has 10 heteroatoms. The van der Waals surface area contributed by atoms with E-state index in [9.17, 15) is 22.8 Å². The summed E-state index contributed by atoms with van der Waals surface area (Å²) in [6, 6.07) is 4.90. The Bertz CT molecular complexity index is 1020. The van der Waals surface area contributed by atoms with Gasteiger partial charge >= 0.3 is 0 Å². The molecule has 32 heavy (non-hydrogen) atoms. The first-order chi connectivity index (χ1) is 15.3. The topological polar surface area (TPSA) is 67.9 Å². The molecule has 1 aliphatic rings. The average Bonchev–Trinajstić information content (AvgIpc) is 3.00. The van der Waals surface area contributed by atoms with Crippen LogP contribution in [0.4, 0.5) is 18.9 Å². The third-order valence-electron chi connectivity index (χ3n) is 4.71. The number of fused-ring (bicyclic) bond motifs is 1. The van der Waals surface area contributed by atoms with Crippen LogP contribution in [0, 0.1) is 17.5 Å². The number of halogens is 4. The van der Waals surface area contributed by atoms with Crippen molar-refractivity contribution in [1.82, 2.24) is 4.90 Å². The highest BCUT2D eigenvalue weighted by Gasteiger charge is 2.22. The maximum Gasteiger partial charge on any atom is 0.244 e. The Morgan fingerprint density at radius 1 is 1.12 bits per heavy atom. The lowest BCUT2D eigenvalue weighted by Crippen LogP contribution is -2.39. The van der Waals surface area contributed by atoms with Gasteiger partial charge in [0.15, 0.2) is 29.0 Å². The molecule has 3 rings (SSSR count). The molecule has 0 radical (unpaired) electrons. The number of carbonyl (C=O) groups excluding carboxylic acids is 2. The van der Waals surface area contributed by atoms with Crippen LogP contribution in [-0.2, 0) is 16.0 Å². The van der Waals surface area contributed by atoms with Crippen molar-refractivity contribution < 1.29 is 32.2 Å². The van der Waals surface area contributed by atoms with Crippen LogP contribution in [0.1, 0.15) is 25.3 Å². The molecule has 0 aromatic heterocycles. The Morgan fingerprint density at radius 3 is 2.62 bits per heavy atom. The van der Waals surface area contributed by atoms with Crippen LogP contribution in [-0.4, -0.2) is 43.0 Å². The average molecular weight is 471 g/mol. The molecule has 0 fully saturated rings. The molecule has 0 spiro atoms. The normalized spacial score (nSPS) is 12.8. The zero-order valence-corrected chi connectivity index (χ0v) is 18.1. The quantitative estimate of drug-likeness (QED) is 0.611. The lowest BCUT2D eigenvalue weighted by atomic mass is 10.1. The van der Waals surface area contributed by atoms with Crippen molar-refractivity contribution in [2.24, 2.45) is 0 Å². The van der Waals surface area contributed by atoms with Crippen LogP contribution in [0.15, 0.2) is 24.3 Å². The van der Waals surface area contributed by atoms with Crippen LogP contribution in [0.25, 0.3) is 0 Å². The molecule has 0 saturated heterocycles. The van der Waals surface area contributed by atoms with E-state index in [0.717, 1.165) is 6.07 Å². The van der Waals surface area contributed by atoms with Crippen LogP contribution in [0.3, 0.4) is 0 Å². The summed E-state index contributed by atoms with van der Waals surface area (Å²) >= 11 is 6.27. The number of anilines is 1. The van der Waals surface area contributed by atoms with Crippen molar-refractivity contribution >= 4 is 29.1 Å². The number of nitrogens with zero attached hydrogens (tertiary/aromatic N) is 1. The maximum atomic E-state index is 13.8. The number of ether oxygens (including phenoxy) is 2. The van der Waals surface area contributed by atoms with Gasteiger partial charge in [0, 0.05) is 13.0 Å². The van der Waals surface area contributed by atoms with E-state index in [0.29, 0.717) is 54.2 Å². The van der Waals surface area contributed by atoms with Gasteiger partial charge in [-0.3, -0.25) is 9.59 Å². The van der Waals surface area contributed by atoms with E-state index in [1.165, 1.54) is 4.90 Å². The molecule has 2 aromatic rings. The van der Waals surface area contributed by atoms with Gasteiger partial charge in [-0.25, -0.2) is 13.2 Å². The summed E-state index contributed by atoms with van der Waals surface area (Å²) in [5.41, 5.74) is 0.0740. The first-order valence-electron chi connectivity index (χ1n) is 10.1. The molecule has 1 heterocycles. The summed E-state index contributed by atoms with van der Waals surface area (Å²) in [7, 11) is 0. The second-order valence-corrected chi connectivity index (χ2v) is 7.63. The highest BCUT2D eigenvalue weighted by molar-refractivity contribution is 6.32. The summed E-state index contributed by atoms with van der Waals surface area (Å²) < 4.78 is 51.5. The monoisotopic (exact) mass is 470 g/mol. The molecular formula is C22H22ClF3N2O4. The smallest absolute Gasteiger partial charge is 0.244 e. The summed E-state index contributed by atoms with van der Waals surface area (Å²) in [5, 5.41) is 2.49. The fourth-order valence-corrected chi connectivity index (χ4v) is 3.51. The molecule has 0 unspecified atom stereocenters. The fourth-order valence-electron chi connectivity index (χ4n) is 3.22. The molecule has 6 nitrogen and oxygen atoms in total. The highest BCUT2D eigenvalue weighted by atomic mass is 35.5. The minimum Gasteiger partial charge on any atom is -0.489 e. The molecule has 2 amide bonds. The van der Waals surface area contributed by atoms with Crippen molar-refractivity contribution in [1.29, 1.82) is 0 Å². The summed E-state index contributed by atoms with van der Waals surface area (Å²) in [4.78, 5) is 26.5. The van der Waals surface area contributed by atoms with E-state index in [2.05, 4.69) is 5.32 Å². The Kier molecular flexibility index (Phi) is 7.84. The third kappa shape index (κ3) is 5.64. The van der Waals surface area contributed by atoms with Crippen LogP contribution < -0.4 is 14.8 Å². The summed E-state index contributed by atoms with van der Waals surface area (Å²) in [6.45, 7) is 2.65. The second-order valence-electron chi connectivity index (χ2n) is 7.22. The highest BCUT2D eigenvalue weighted by Crippen LogP contribution is 2.38. The number of amides is 2. The number of nitrogens with one attached hydrogen (secondary N) is 1. The van der Waals surface area contributed by atoms with Gasteiger partial charge in [-0.15, -0.1) is 0 Å². The van der Waals surface area contributed by atoms with Gasteiger partial charge in [0.2, 0.25) is 11.8 Å². The molecule has 1 aliphatic heterocycles. The molecule has 0 aliphatic carbocycles. The largest absolute Gasteiger partial charge is 0.489 e. The first kappa shape index (κ1) is 23.7. The molecular weight excluding hydrogens is 449 g/mol. The Morgan fingerprint density at radius 2 is 1.88 bits per heavy atom.